The Morgan fingerprint density at radius 2 is 1.73 bits per heavy atom. The van der Waals surface area contributed by atoms with Crippen LogP contribution in [-0.4, -0.2) is 13.1 Å². The van der Waals surface area contributed by atoms with E-state index in [1.807, 2.05) is 38.1 Å². The lowest BCUT2D eigenvalue weighted by molar-refractivity contribution is 0.0600. The number of hydrogen-bond acceptors (Lipinski definition) is 5. The molecule has 0 unspecified atom stereocenters. The molecule has 0 atom stereocenters. The first-order valence-corrected chi connectivity index (χ1v) is 8.25. The van der Waals surface area contributed by atoms with Crippen molar-refractivity contribution in [1.29, 1.82) is 0 Å². The van der Waals surface area contributed by atoms with Gasteiger partial charge in [-0.25, -0.2) is 9.59 Å². The number of carbonyl (C=O) groups excluding carboxylic acids is 1. The van der Waals surface area contributed by atoms with E-state index in [0.717, 1.165) is 22.1 Å². The zero-order valence-electron chi connectivity index (χ0n) is 15.2. The van der Waals surface area contributed by atoms with Crippen LogP contribution < -0.4 is 10.4 Å². The Hall–Kier alpha value is -3.08. The van der Waals surface area contributed by atoms with Crippen LogP contribution in [-0.2, 0) is 11.3 Å². The third-order valence-electron chi connectivity index (χ3n) is 4.43. The maximum Gasteiger partial charge on any atom is 0.339 e. The summed E-state index contributed by atoms with van der Waals surface area (Å²) in [4.78, 5) is 23.4. The molecule has 0 bridgehead atoms. The van der Waals surface area contributed by atoms with Gasteiger partial charge in [-0.15, -0.1) is 0 Å². The number of benzene rings is 2. The molecule has 0 saturated heterocycles. The van der Waals surface area contributed by atoms with Gasteiger partial charge in [0.15, 0.2) is 0 Å². The van der Waals surface area contributed by atoms with Crippen molar-refractivity contribution in [1.82, 2.24) is 0 Å². The summed E-state index contributed by atoms with van der Waals surface area (Å²) < 4.78 is 16.1. The highest BCUT2D eigenvalue weighted by Crippen LogP contribution is 2.31. The highest BCUT2D eigenvalue weighted by atomic mass is 16.5. The molecule has 0 amide bonds. The second-order valence-corrected chi connectivity index (χ2v) is 6.25. The molecule has 1 heterocycles. The first-order valence-electron chi connectivity index (χ1n) is 8.25. The summed E-state index contributed by atoms with van der Waals surface area (Å²) in [6.45, 7) is 5.89. The molecule has 2 aromatic carbocycles. The molecule has 3 aromatic rings. The number of hydrogen-bond donors (Lipinski definition) is 0. The van der Waals surface area contributed by atoms with Crippen LogP contribution in [0.5, 0.6) is 5.75 Å². The average Bonchev–Trinajstić information content (AvgIpc) is 2.63. The minimum atomic E-state index is -0.372. The Kier molecular flexibility index (Phi) is 4.80. The number of carbonyl (C=O) groups is 1. The van der Waals surface area contributed by atoms with Gasteiger partial charge in [-0.2, -0.15) is 0 Å². The summed E-state index contributed by atoms with van der Waals surface area (Å²) in [6.07, 6.45) is 0. The van der Waals surface area contributed by atoms with Crippen molar-refractivity contribution in [2.75, 3.05) is 7.11 Å². The van der Waals surface area contributed by atoms with Gasteiger partial charge in [-0.1, -0.05) is 12.1 Å². The lowest BCUT2D eigenvalue weighted by atomic mass is 10.0. The number of aryl methyl sites for hydroxylation is 2. The van der Waals surface area contributed by atoms with E-state index in [1.165, 1.54) is 7.11 Å². The largest absolute Gasteiger partial charge is 0.488 e. The van der Waals surface area contributed by atoms with Gasteiger partial charge in [0.1, 0.15) is 17.9 Å². The highest BCUT2D eigenvalue weighted by molar-refractivity contribution is 5.89. The molecular formula is C21H20O5. The van der Waals surface area contributed by atoms with E-state index >= 15 is 0 Å². The highest BCUT2D eigenvalue weighted by Gasteiger charge is 2.14. The molecule has 0 radical (unpaired) electrons. The molecule has 3 rings (SSSR count). The van der Waals surface area contributed by atoms with Crippen molar-refractivity contribution in [2.45, 2.75) is 27.4 Å². The summed E-state index contributed by atoms with van der Waals surface area (Å²) in [7, 11) is 1.35. The van der Waals surface area contributed by atoms with Gasteiger partial charge >= 0.3 is 11.6 Å². The summed E-state index contributed by atoms with van der Waals surface area (Å²) in [5.41, 5.74) is 3.98. The molecule has 0 saturated carbocycles. The maximum atomic E-state index is 11.9. The van der Waals surface area contributed by atoms with E-state index in [1.54, 1.807) is 19.1 Å². The third kappa shape index (κ3) is 3.33. The fraction of sp³-hybridized carbons (Fsp3) is 0.238. The molecule has 0 fully saturated rings. The Morgan fingerprint density at radius 1 is 1.04 bits per heavy atom. The minimum absolute atomic E-state index is 0.329. The third-order valence-corrected chi connectivity index (χ3v) is 4.43. The van der Waals surface area contributed by atoms with E-state index in [0.29, 0.717) is 29.1 Å². The fourth-order valence-corrected chi connectivity index (χ4v) is 2.82. The Bertz CT molecular complexity index is 1030. The Morgan fingerprint density at radius 3 is 2.38 bits per heavy atom. The molecule has 0 spiro atoms. The van der Waals surface area contributed by atoms with Gasteiger partial charge in [0.05, 0.1) is 18.1 Å². The molecule has 0 aliphatic heterocycles. The van der Waals surface area contributed by atoms with Crippen LogP contribution in [0, 0.1) is 20.8 Å². The fourth-order valence-electron chi connectivity index (χ4n) is 2.82. The van der Waals surface area contributed by atoms with Crippen LogP contribution in [0.3, 0.4) is 0 Å². The van der Waals surface area contributed by atoms with Crippen molar-refractivity contribution in [2.24, 2.45) is 0 Å². The quantitative estimate of drug-likeness (QED) is 0.523. The topological polar surface area (TPSA) is 65.7 Å². The number of methoxy groups -OCH3 is 1. The Labute approximate surface area is 151 Å². The summed E-state index contributed by atoms with van der Waals surface area (Å²) >= 11 is 0. The van der Waals surface area contributed by atoms with Crippen LogP contribution >= 0.6 is 0 Å². The van der Waals surface area contributed by atoms with Crippen molar-refractivity contribution in [3.8, 4) is 5.75 Å². The molecule has 134 valence electrons. The van der Waals surface area contributed by atoms with E-state index in [-0.39, 0.29) is 11.6 Å². The van der Waals surface area contributed by atoms with Crippen LogP contribution in [0.4, 0.5) is 0 Å². The lowest BCUT2D eigenvalue weighted by Crippen LogP contribution is -2.07. The first-order chi connectivity index (χ1) is 12.4. The molecule has 0 aliphatic rings. The van der Waals surface area contributed by atoms with Gasteiger partial charge < -0.3 is 13.9 Å². The SMILES string of the molecule is COC(=O)c1ccc(COc2cc(C)cc3oc(=O)c(C)c(C)c23)cc1. The van der Waals surface area contributed by atoms with E-state index in [4.69, 9.17) is 13.9 Å². The van der Waals surface area contributed by atoms with Crippen molar-refractivity contribution in [3.05, 3.63) is 74.6 Å². The number of esters is 1. The molecule has 5 heteroatoms. The molecular weight excluding hydrogens is 332 g/mol. The standard InChI is InChI=1S/C21H20O5/c1-12-9-17(19-13(2)14(3)20(22)26-18(19)10-12)25-11-15-5-7-16(8-6-15)21(23)24-4/h5-10H,11H2,1-4H3. The second-order valence-electron chi connectivity index (χ2n) is 6.25. The normalized spacial score (nSPS) is 10.8. The van der Waals surface area contributed by atoms with Crippen molar-refractivity contribution < 1.29 is 18.7 Å². The second kappa shape index (κ2) is 7.04. The first kappa shape index (κ1) is 17.7. The zero-order chi connectivity index (χ0) is 18.8. The molecule has 26 heavy (non-hydrogen) atoms. The van der Waals surface area contributed by atoms with Gasteiger partial charge in [0.2, 0.25) is 0 Å². The minimum Gasteiger partial charge on any atom is -0.488 e. The number of ether oxygens (including phenoxy) is 2. The molecule has 1 aromatic heterocycles. The summed E-state index contributed by atoms with van der Waals surface area (Å²) in [5, 5.41) is 0.805. The average molecular weight is 352 g/mol. The van der Waals surface area contributed by atoms with Gasteiger partial charge in [-0.3, -0.25) is 0 Å². The van der Waals surface area contributed by atoms with E-state index < -0.39 is 0 Å². The molecule has 0 N–H and O–H groups in total. The lowest BCUT2D eigenvalue weighted by Gasteiger charge is -2.13. The predicted molar refractivity (Wildman–Crippen MR) is 98.8 cm³/mol. The van der Waals surface area contributed by atoms with E-state index in [2.05, 4.69) is 0 Å². The van der Waals surface area contributed by atoms with Crippen LogP contribution in [0.25, 0.3) is 11.0 Å². The van der Waals surface area contributed by atoms with Crippen LogP contribution in [0.15, 0.2) is 45.6 Å². The maximum absolute atomic E-state index is 11.9. The van der Waals surface area contributed by atoms with Gasteiger partial charge in [0.25, 0.3) is 0 Å². The number of rotatable bonds is 4. The van der Waals surface area contributed by atoms with Crippen LogP contribution in [0.2, 0.25) is 0 Å². The molecule has 0 aliphatic carbocycles. The predicted octanol–water partition coefficient (Wildman–Crippen LogP) is 4.08. The van der Waals surface area contributed by atoms with Gasteiger partial charge in [0, 0.05) is 5.56 Å². The summed E-state index contributed by atoms with van der Waals surface area (Å²) in [5.74, 6) is 0.296. The van der Waals surface area contributed by atoms with Crippen molar-refractivity contribution >= 4 is 16.9 Å². The summed E-state index contributed by atoms with van der Waals surface area (Å²) in [6, 6.07) is 10.8. The zero-order valence-corrected chi connectivity index (χ0v) is 15.2. The monoisotopic (exact) mass is 352 g/mol. The van der Waals surface area contributed by atoms with E-state index in [9.17, 15) is 9.59 Å². The van der Waals surface area contributed by atoms with Gasteiger partial charge in [-0.05, 0) is 61.7 Å². The van der Waals surface area contributed by atoms with Crippen LogP contribution in [0.1, 0.15) is 32.6 Å². The smallest absolute Gasteiger partial charge is 0.339 e. The molecule has 5 nitrogen and oxygen atoms in total. The van der Waals surface area contributed by atoms with Crippen molar-refractivity contribution in [3.63, 3.8) is 0 Å². The number of fused-ring (bicyclic) bond motifs is 1. The Balaban J connectivity index is 1.93.